The number of aromatic nitrogens is 4. The van der Waals surface area contributed by atoms with E-state index in [0.29, 0.717) is 37.3 Å². The van der Waals surface area contributed by atoms with Crippen molar-refractivity contribution < 1.29 is 18.4 Å². The van der Waals surface area contributed by atoms with Crippen LogP contribution >= 0.6 is 0 Å². The number of piperazine rings is 1. The number of pyridine rings is 2. The summed E-state index contributed by atoms with van der Waals surface area (Å²) in [6.07, 6.45) is 3.95. The standard InChI is InChI=1S/C35H37F2N7O3/c1-7-27(45)42-17-21(5)43(18-20(42)4)33-23-16-25(37)31-29-24(36)11-9-12-26(29)41(6)28(46)13-8-10-22-14-15-38-30(19(2)3)32(22)44(34(23)39-31)35(47)40-33/h7,9,11-12,14-16,19-21H,1,8,10,13,17-18H2,2-6H3/t20-,21+/m1/s1. The Labute approximate surface area is 271 Å². The van der Waals surface area contributed by atoms with Gasteiger partial charge < -0.3 is 14.7 Å². The third-order valence-electron chi connectivity index (χ3n) is 9.12. The smallest absolute Gasteiger partial charge is 0.349 e. The monoisotopic (exact) mass is 641 g/mol. The Morgan fingerprint density at radius 1 is 1.04 bits per heavy atom. The summed E-state index contributed by atoms with van der Waals surface area (Å²) in [7, 11) is 1.53. The van der Waals surface area contributed by atoms with Gasteiger partial charge in [0.15, 0.2) is 11.5 Å². The van der Waals surface area contributed by atoms with Crippen molar-refractivity contribution >= 4 is 34.4 Å². The summed E-state index contributed by atoms with van der Waals surface area (Å²) >= 11 is 0. The highest BCUT2D eigenvalue weighted by molar-refractivity contribution is 5.98. The van der Waals surface area contributed by atoms with Crippen molar-refractivity contribution in [2.45, 2.75) is 65.0 Å². The van der Waals surface area contributed by atoms with Crippen LogP contribution in [0.3, 0.4) is 0 Å². The molecule has 1 aromatic carbocycles. The van der Waals surface area contributed by atoms with Crippen LogP contribution in [0.5, 0.6) is 0 Å². The molecule has 0 unspecified atom stereocenters. The Balaban J connectivity index is 1.71. The average Bonchev–Trinajstić information content (AvgIpc) is 3.04. The van der Waals surface area contributed by atoms with Crippen LogP contribution in [0, 0.1) is 11.6 Å². The van der Waals surface area contributed by atoms with E-state index in [1.807, 2.05) is 32.6 Å². The molecule has 2 amide bonds. The van der Waals surface area contributed by atoms with E-state index >= 15 is 8.78 Å². The lowest BCUT2D eigenvalue weighted by Crippen LogP contribution is -2.58. The molecule has 3 aromatic heterocycles. The molecule has 2 aliphatic heterocycles. The highest BCUT2D eigenvalue weighted by atomic mass is 19.1. The SMILES string of the molecule is C=CC(=O)N1C[C@H](C)N(c2nc(=O)n3c4nc(c(F)cc24)-c2c(F)cccc2N(C)C(=O)CCCc2ccnc(C(C)C)c2-3)C[C@H]1C. The van der Waals surface area contributed by atoms with E-state index in [1.165, 1.54) is 40.8 Å². The zero-order chi connectivity index (χ0) is 33.7. The Kier molecular flexibility index (Phi) is 8.37. The van der Waals surface area contributed by atoms with Gasteiger partial charge in [0.05, 0.1) is 28.0 Å². The molecule has 0 N–H and O–H groups in total. The number of fused-ring (bicyclic) bond motifs is 5. The van der Waals surface area contributed by atoms with Gasteiger partial charge in [0.25, 0.3) is 0 Å². The molecule has 4 aromatic rings. The quantitative estimate of drug-likeness (QED) is 0.285. The van der Waals surface area contributed by atoms with Gasteiger partial charge in [0, 0.05) is 44.8 Å². The second-order valence-electron chi connectivity index (χ2n) is 12.6. The van der Waals surface area contributed by atoms with Gasteiger partial charge in [-0.05, 0) is 68.5 Å². The van der Waals surface area contributed by atoms with Gasteiger partial charge >= 0.3 is 5.69 Å². The van der Waals surface area contributed by atoms with E-state index in [4.69, 9.17) is 4.98 Å². The first-order valence-corrected chi connectivity index (χ1v) is 15.8. The molecule has 47 heavy (non-hydrogen) atoms. The lowest BCUT2D eigenvalue weighted by molar-refractivity contribution is -0.128. The van der Waals surface area contributed by atoms with Gasteiger partial charge in [-0.2, -0.15) is 4.98 Å². The molecule has 0 spiro atoms. The fourth-order valence-electron chi connectivity index (χ4n) is 6.70. The zero-order valence-corrected chi connectivity index (χ0v) is 27.1. The molecule has 12 heteroatoms. The zero-order valence-electron chi connectivity index (χ0n) is 27.1. The Morgan fingerprint density at radius 2 is 1.81 bits per heavy atom. The molecule has 244 valence electrons. The number of halogens is 2. The number of benzene rings is 1. The largest absolute Gasteiger partial charge is 0.355 e. The van der Waals surface area contributed by atoms with Crippen molar-refractivity contribution in [1.82, 2.24) is 24.4 Å². The molecular weight excluding hydrogens is 604 g/mol. The molecule has 0 saturated carbocycles. The van der Waals surface area contributed by atoms with Crippen LogP contribution in [-0.4, -0.2) is 68.5 Å². The van der Waals surface area contributed by atoms with E-state index in [-0.39, 0.29) is 70.0 Å². The van der Waals surface area contributed by atoms with E-state index < -0.39 is 17.3 Å². The maximum atomic E-state index is 16.4. The van der Waals surface area contributed by atoms with Crippen molar-refractivity contribution in [1.29, 1.82) is 0 Å². The number of rotatable bonds is 3. The van der Waals surface area contributed by atoms with Crippen LogP contribution in [0.15, 0.2) is 54.0 Å². The predicted molar refractivity (Wildman–Crippen MR) is 177 cm³/mol. The molecule has 2 atom stereocenters. The first-order chi connectivity index (χ1) is 22.4. The molecule has 10 nitrogen and oxygen atoms in total. The number of carbonyl (C=O) groups is 2. The second kappa shape index (κ2) is 12.3. The van der Waals surface area contributed by atoms with E-state index in [1.54, 1.807) is 23.2 Å². The number of amides is 2. The molecule has 1 saturated heterocycles. The third-order valence-corrected chi connectivity index (χ3v) is 9.12. The third kappa shape index (κ3) is 5.45. The summed E-state index contributed by atoms with van der Waals surface area (Å²) < 4.78 is 33.5. The highest BCUT2D eigenvalue weighted by Crippen LogP contribution is 2.38. The fourth-order valence-corrected chi connectivity index (χ4v) is 6.70. The fraction of sp³-hybridized carbons (Fsp3) is 0.371. The normalized spacial score (nSPS) is 18.5. The van der Waals surface area contributed by atoms with Crippen LogP contribution in [0.1, 0.15) is 57.7 Å². The molecule has 1 fully saturated rings. The van der Waals surface area contributed by atoms with Crippen molar-refractivity contribution in [3.05, 3.63) is 82.6 Å². The van der Waals surface area contributed by atoms with Gasteiger partial charge in [-0.15, -0.1) is 0 Å². The summed E-state index contributed by atoms with van der Waals surface area (Å²) in [4.78, 5) is 59.1. The number of hydrogen-bond donors (Lipinski definition) is 0. The lowest BCUT2D eigenvalue weighted by Gasteiger charge is -2.44. The molecule has 2 bridgehead atoms. The summed E-state index contributed by atoms with van der Waals surface area (Å²) in [6, 6.07) is 6.68. The molecular formula is C35H37F2N7O3. The lowest BCUT2D eigenvalue weighted by atomic mass is 10.00. The maximum absolute atomic E-state index is 16.4. The number of anilines is 2. The average molecular weight is 642 g/mol. The Bertz CT molecular complexity index is 1990. The maximum Gasteiger partial charge on any atom is 0.355 e. The van der Waals surface area contributed by atoms with Gasteiger partial charge in [0.2, 0.25) is 11.8 Å². The molecule has 5 heterocycles. The van der Waals surface area contributed by atoms with Crippen LogP contribution in [0.25, 0.3) is 28.0 Å². The molecule has 2 aliphatic rings. The summed E-state index contributed by atoms with van der Waals surface area (Å²) in [5.41, 5.74) is 0.897. The minimum absolute atomic E-state index is 0.0828. The Morgan fingerprint density at radius 3 is 2.53 bits per heavy atom. The molecule has 0 aliphatic carbocycles. The topological polar surface area (TPSA) is 105 Å². The van der Waals surface area contributed by atoms with Crippen molar-refractivity contribution in [2.24, 2.45) is 0 Å². The van der Waals surface area contributed by atoms with E-state index in [2.05, 4.69) is 16.5 Å². The van der Waals surface area contributed by atoms with Gasteiger partial charge in [-0.3, -0.25) is 14.6 Å². The highest BCUT2D eigenvalue weighted by Gasteiger charge is 2.35. The summed E-state index contributed by atoms with van der Waals surface area (Å²) in [5, 5.41) is 0.245. The second-order valence-corrected chi connectivity index (χ2v) is 12.6. The molecule has 6 rings (SSSR count). The minimum atomic E-state index is -0.843. The molecule has 0 radical (unpaired) electrons. The number of carbonyl (C=O) groups excluding carboxylic acids is 2. The predicted octanol–water partition coefficient (Wildman–Crippen LogP) is 5.16. The summed E-state index contributed by atoms with van der Waals surface area (Å²) in [5.74, 6) is -1.99. The Hall–Kier alpha value is -5.00. The summed E-state index contributed by atoms with van der Waals surface area (Å²) in [6.45, 7) is 11.9. The number of hydrogen-bond acceptors (Lipinski definition) is 7. The van der Waals surface area contributed by atoms with Crippen molar-refractivity contribution in [3.8, 4) is 16.9 Å². The van der Waals surface area contributed by atoms with Crippen molar-refractivity contribution in [3.63, 3.8) is 0 Å². The minimum Gasteiger partial charge on any atom is -0.349 e. The number of aryl methyl sites for hydroxylation is 1. The number of nitrogens with zero attached hydrogens (tertiary/aromatic N) is 7. The van der Waals surface area contributed by atoms with Crippen LogP contribution in [0.2, 0.25) is 0 Å². The van der Waals surface area contributed by atoms with Crippen molar-refractivity contribution in [2.75, 3.05) is 29.9 Å². The van der Waals surface area contributed by atoms with Gasteiger partial charge in [-0.1, -0.05) is 26.5 Å². The van der Waals surface area contributed by atoms with Crippen LogP contribution in [-0.2, 0) is 16.0 Å². The van der Waals surface area contributed by atoms with E-state index in [9.17, 15) is 14.4 Å². The van der Waals surface area contributed by atoms with E-state index in [0.717, 1.165) is 5.56 Å². The van der Waals surface area contributed by atoms with Crippen LogP contribution in [0.4, 0.5) is 20.3 Å². The van der Waals surface area contributed by atoms with Gasteiger partial charge in [0.1, 0.15) is 17.3 Å². The first-order valence-electron chi connectivity index (χ1n) is 15.8. The first kappa shape index (κ1) is 32.0. The van der Waals surface area contributed by atoms with Gasteiger partial charge in [-0.25, -0.2) is 23.1 Å². The van der Waals surface area contributed by atoms with Crippen LogP contribution < -0.4 is 15.5 Å².